The van der Waals surface area contributed by atoms with Crippen molar-refractivity contribution in [3.8, 4) is 17.2 Å². The van der Waals surface area contributed by atoms with Crippen molar-refractivity contribution in [2.45, 2.75) is 12.2 Å². The fraction of sp³-hybridized carbons (Fsp3) is 0.353. The molecule has 8 heteroatoms. The molecule has 8 nitrogen and oxygen atoms in total. The van der Waals surface area contributed by atoms with E-state index in [1.807, 2.05) is 0 Å². The number of nitrogens with zero attached hydrogens (tertiary/aromatic N) is 2. The smallest absolute Gasteiger partial charge is 0.203 e. The van der Waals surface area contributed by atoms with Crippen LogP contribution in [0.25, 0.3) is 0 Å². The third-order valence-corrected chi connectivity index (χ3v) is 4.06. The van der Waals surface area contributed by atoms with Crippen molar-refractivity contribution in [2.24, 2.45) is 0 Å². The van der Waals surface area contributed by atoms with E-state index in [9.17, 15) is 4.79 Å². The fourth-order valence-electron chi connectivity index (χ4n) is 2.81. The number of aromatic nitrogens is 2. The Labute approximate surface area is 145 Å². The van der Waals surface area contributed by atoms with Gasteiger partial charge in [-0.15, -0.1) is 0 Å². The minimum absolute atomic E-state index is 0.0664. The van der Waals surface area contributed by atoms with Gasteiger partial charge in [-0.05, 0) is 18.2 Å². The van der Waals surface area contributed by atoms with E-state index in [-0.39, 0.29) is 18.0 Å². The molecule has 2 atom stereocenters. The third kappa shape index (κ3) is 3.40. The third-order valence-electron chi connectivity index (χ3n) is 4.06. The molecule has 3 rings (SSSR count). The zero-order valence-electron chi connectivity index (χ0n) is 14.3. The number of nitrogens with one attached hydrogen (secondary N) is 2. The van der Waals surface area contributed by atoms with Gasteiger partial charge in [-0.2, -0.15) is 0 Å². The summed E-state index contributed by atoms with van der Waals surface area (Å²) in [5.74, 6) is 1.29. The van der Waals surface area contributed by atoms with Crippen LogP contribution in [0.3, 0.4) is 0 Å². The van der Waals surface area contributed by atoms with E-state index in [1.165, 1.54) is 27.7 Å². The summed E-state index contributed by atoms with van der Waals surface area (Å²) in [5, 5.41) is 6.49. The number of carbonyl (C=O) groups is 1. The molecule has 1 aromatic carbocycles. The molecule has 0 spiro atoms. The number of carbonyl (C=O) groups excluding carboxylic acids is 1. The van der Waals surface area contributed by atoms with E-state index in [2.05, 4.69) is 20.6 Å². The molecule has 2 aromatic rings. The Morgan fingerprint density at radius 3 is 2.44 bits per heavy atom. The van der Waals surface area contributed by atoms with Crippen LogP contribution in [0, 0.1) is 0 Å². The van der Waals surface area contributed by atoms with Gasteiger partial charge in [-0.3, -0.25) is 15.4 Å². The predicted octanol–water partition coefficient (Wildman–Crippen LogP) is 0.945. The zero-order chi connectivity index (χ0) is 17.8. The quantitative estimate of drug-likeness (QED) is 0.748. The molecule has 1 aliphatic heterocycles. The highest BCUT2D eigenvalue weighted by molar-refractivity contribution is 6.01. The van der Waals surface area contributed by atoms with Crippen molar-refractivity contribution in [3.05, 3.63) is 42.0 Å². The Morgan fingerprint density at radius 1 is 1.16 bits per heavy atom. The number of hydrogen-bond donors (Lipinski definition) is 2. The summed E-state index contributed by atoms with van der Waals surface area (Å²) in [6.45, 7) is 0.490. The van der Waals surface area contributed by atoms with Gasteiger partial charge in [0.1, 0.15) is 12.5 Å². The van der Waals surface area contributed by atoms with Crippen LogP contribution in [0.5, 0.6) is 17.2 Å². The van der Waals surface area contributed by atoms with Crippen molar-refractivity contribution in [2.75, 3.05) is 27.9 Å². The molecule has 0 aliphatic carbocycles. The maximum absolute atomic E-state index is 12.9. The van der Waals surface area contributed by atoms with Gasteiger partial charge in [0, 0.05) is 18.3 Å². The number of rotatable bonds is 6. The second kappa shape index (κ2) is 7.45. The van der Waals surface area contributed by atoms with E-state index in [1.54, 1.807) is 24.4 Å². The van der Waals surface area contributed by atoms with E-state index >= 15 is 0 Å². The lowest BCUT2D eigenvalue weighted by molar-refractivity contribution is 0.0954. The van der Waals surface area contributed by atoms with Crippen LogP contribution in [-0.4, -0.2) is 49.7 Å². The highest BCUT2D eigenvalue weighted by Crippen LogP contribution is 2.38. The number of benzene rings is 1. The maximum Gasteiger partial charge on any atom is 0.203 e. The molecule has 0 amide bonds. The SMILES string of the molecule is COc1cc(C(=O)C2CNC(c3ccncn3)N2)cc(OC)c1OC. The van der Waals surface area contributed by atoms with Crippen molar-refractivity contribution in [1.29, 1.82) is 0 Å². The zero-order valence-corrected chi connectivity index (χ0v) is 14.3. The summed E-state index contributed by atoms with van der Waals surface area (Å²) in [4.78, 5) is 21.0. The average Bonchev–Trinajstić information content (AvgIpc) is 3.17. The summed E-state index contributed by atoms with van der Waals surface area (Å²) in [6, 6.07) is 4.73. The molecular weight excluding hydrogens is 324 g/mol. The van der Waals surface area contributed by atoms with Crippen LogP contribution < -0.4 is 24.8 Å². The molecular formula is C17H20N4O4. The Balaban J connectivity index is 1.82. The summed E-state index contributed by atoms with van der Waals surface area (Å²) < 4.78 is 15.9. The number of methoxy groups -OCH3 is 3. The van der Waals surface area contributed by atoms with Crippen molar-refractivity contribution in [3.63, 3.8) is 0 Å². The monoisotopic (exact) mass is 344 g/mol. The fourth-order valence-corrected chi connectivity index (χ4v) is 2.81. The molecule has 1 saturated heterocycles. The molecule has 132 valence electrons. The van der Waals surface area contributed by atoms with Crippen LogP contribution in [0.4, 0.5) is 0 Å². The Morgan fingerprint density at radius 2 is 1.88 bits per heavy atom. The van der Waals surface area contributed by atoms with Crippen molar-refractivity contribution in [1.82, 2.24) is 20.6 Å². The first-order valence-electron chi connectivity index (χ1n) is 7.77. The molecule has 0 saturated carbocycles. The molecule has 0 bridgehead atoms. The highest BCUT2D eigenvalue weighted by atomic mass is 16.5. The molecule has 1 aliphatic rings. The largest absolute Gasteiger partial charge is 0.493 e. The first-order valence-corrected chi connectivity index (χ1v) is 7.77. The number of ether oxygens (including phenoxy) is 3. The van der Waals surface area contributed by atoms with Crippen molar-refractivity contribution < 1.29 is 19.0 Å². The summed E-state index contributed by atoms with van der Waals surface area (Å²) in [7, 11) is 4.56. The van der Waals surface area contributed by atoms with Gasteiger partial charge in [0.15, 0.2) is 17.3 Å². The van der Waals surface area contributed by atoms with Crippen LogP contribution >= 0.6 is 0 Å². The van der Waals surface area contributed by atoms with Crippen LogP contribution in [0.2, 0.25) is 0 Å². The number of ketones is 1. The minimum atomic E-state index is -0.386. The van der Waals surface area contributed by atoms with E-state index in [0.29, 0.717) is 29.4 Å². The van der Waals surface area contributed by atoms with Gasteiger partial charge >= 0.3 is 0 Å². The number of hydrogen-bond acceptors (Lipinski definition) is 8. The first-order chi connectivity index (χ1) is 12.2. The van der Waals surface area contributed by atoms with Crippen molar-refractivity contribution >= 4 is 5.78 Å². The lowest BCUT2D eigenvalue weighted by Crippen LogP contribution is -2.34. The molecule has 2 N–H and O–H groups in total. The molecule has 1 aromatic heterocycles. The topological polar surface area (TPSA) is 94.6 Å². The van der Waals surface area contributed by atoms with Gasteiger partial charge in [-0.25, -0.2) is 9.97 Å². The standard InChI is InChI=1S/C17H20N4O4/c1-23-13-6-10(7-14(24-2)16(13)25-3)15(22)12-8-19-17(21-12)11-4-5-18-9-20-11/h4-7,9,12,17,19,21H,8H2,1-3H3. The van der Waals surface area contributed by atoms with E-state index in [4.69, 9.17) is 14.2 Å². The van der Waals surface area contributed by atoms with Gasteiger partial charge in [0.2, 0.25) is 5.75 Å². The minimum Gasteiger partial charge on any atom is -0.493 e. The van der Waals surface area contributed by atoms with Gasteiger partial charge in [0.05, 0.1) is 33.1 Å². The Kier molecular flexibility index (Phi) is 5.11. The normalized spacial score (nSPS) is 19.5. The lowest BCUT2D eigenvalue weighted by Gasteiger charge is -2.16. The number of Topliss-reactive ketones (excluding diaryl/α,β-unsaturated/α-hetero) is 1. The molecule has 2 heterocycles. The Bertz CT molecular complexity index is 729. The summed E-state index contributed by atoms with van der Waals surface area (Å²) in [6.07, 6.45) is 2.95. The van der Waals surface area contributed by atoms with E-state index in [0.717, 1.165) is 5.69 Å². The average molecular weight is 344 g/mol. The van der Waals surface area contributed by atoms with Gasteiger partial charge < -0.3 is 14.2 Å². The Hall–Kier alpha value is -2.71. The molecule has 0 radical (unpaired) electrons. The van der Waals surface area contributed by atoms with E-state index < -0.39 is 0 Å². The first kappa shape index (κ1) is 17.1. The molecule has 1 fully saturated rings. The van der Waals surface area contributed by atoms with Crippen LogP contribution in [0.1, 0.15) is 22.2 Å². The molecule has 2 unspecified atom stereocenters. The predicted molar refractivity (Wildman–Crippen MR) is 90.1 cm³/mol. The van der Waals surface area contributed by atoms with Gasteiger partial charge in [-0.1, -0.05) is 0 Å². The molecule has 25 heavy (non-hydrogen) atoms. The second-order valence-electron chi connectivity index (χ2n) is 5.47. The lowest BCUT2D eigenvalue weighted by atomic mass is 10.0. The van der Waals surface area contributed by atoms with Crippen LogP contribution in [0.15, 0.2) is 30.7 Å². The van der Waals surface area contributed by atoms with Crippen LogP contribution in [-0.2, 0) is 0 Å². The maximum atomic E-state index is 12.9. The highest BCUT2D eigenvalue weighted by Gasteiger charge is 2.31. The second-order valence-corrected chi connectivity index (χ2v) is 5.47. The summed E-state index contributed by atoms with van der Waals surface area (Å²) in [5.41, 5.74) is 1.27. The summed E-state index contributed by atoms with van der Waals surface area (Å²) >= 11 is 0. The van der Waals surface area contributed by atoms with Gasteiger partial charge in [0.25, 0.3) is 0 Å².